The van der Waals surface area contributed by atoms with Crippen LogP contribution in [0.5, 0.6) is 0 Å². The Morgan fingerprint density at radius 2 is 1.72 bits per heavy atom. The van der Waals surface area contributed by atoms with E-state index in [1.165, 1.54) is 0 Å². The van der Waals surface area contributed by atoms with Gasteiger partial charge in [0.15, 0.2) is 0 Å². The molecule has 0 radical (unpaired) electrons. The van der Waals surface area contributed by atoms with E-state index in [0.29, 0.717) is 12.3 Å². The third-order valence-electron chi connectivity index (χ3n) is 2.26. The molecule has 0 aliphatic rings. The number of hydrogen-bond acceptors (Lipinski definition) is 3. The highest BCUT2D eigenvalue weighted by atomic mass is 16.5. The van der Waals surface area contributed by atoms with Crippen molar-refractivity contribution < 1.29 is 14.3 Å². The first-order valence-electron chi connectivity index (χ1n) is 6.56. The van der Waals surface area contributed by atoms with Gasteiger partial charge in [-0.3, -0.25) is 9.59 Å². The summed E-state index contributed by atoms with van der Waals surface area (Å²) in [5, 5.41) is 2.58. The maximum absolute atomic E-state index is 11.5. The molecule has 0 aliphatic carbocycles. The van der Waals surface area contributed by atoms with Gasteiger partial charge in [-0.25, -0.2) is 0 Å². The van der Waals surface area contributed by atoms with Crippen molar-refractivity contribution in [1.29, 1.82) is 0 Å². The van der Waals surface area contributed by atoms with E-state index >= 15 is 0 Å². The van der Waals surface area contributed by atoms with Gasteiger partial charge < -0.3 is 10.1 Å². The summed E-state index contributed by atoms with van der Waals surface area (Å²) >= 11 is 0. The van der Waals surface area contributed by atoms with Crippen LogP contribution in [0, 0.1) is 11.3 Å². The minimum atomic E-state index is -0.370. The summed E-state index contributed by atoms with van der Waals surface area (Å²) in [6, 6.07) is 0. The molecule has 0 aromatic heterocycles. The van der Waals surface area contributed by atoms with E-state index in [1.807, 2.05) is 27.7 Å². The summed E-state index contributed by atoms with van der Waals surface area (Å²) in [6.45, 7) is 11.9. The molecular weight excluding hydrogens is 230 g/mol. The smallest absolute Gasteiger partial charge is 0.325 e. The van der Waals surface area contributed by atoms with Crippen LogP contribution in [0.25, 0.3) is 0 Å². The number of rotatable bonds is 6. The Bertz CT molecular complexity index is 279. The molecule has 0 aromatic carbocycles. The van der Waals surface area contributed by atoms with E-state index in [-0.39, 0.29) is 29.9 Å². The molecule has 18 heavy (non-hydrogen) atoms. The van der Waals surface area contributed by atoms with Gasteiger partial charge in [-0.2, -0.15) is 0 Å². The van der Waals surface area contributed by atoms with Crippen LogP contribution in [0.1, 0.15) is 54.4 Å². The van der Waals surface area contributed by atoms with Crippen molar-refractivity contribution >= 4 is 11.9 Å². The van der Waals surface area contributed by atoms with Gasteiger partial charge in [0, 0.05) is 6.42 Å². The Labute approximate surface area is 110 Å². The molecule has 0 unspecified atom stereocenters. The van der Waals surface area contributed by atoms with Gasteiger partial charge in [-0.05, 0) is 24.7 Å². The summed E-state index contributed by atoms with van der Waals surface area (Å²) in [5.41, 5.74) is -0.0705. The highest BCUT2D eigenvalue weighted by molar-refractivity contribution is 5.82. The second-order valence-electron chi connectivity index (χ2n) is 6.44. The largest absolute Gasteiger partial charge is 0.461 e. The van der Waals surface area contributed by atoms with Crippen molar-refractivity contribution in [1.82, 2.24) is 5.32 Å². The number of carbonyl (C=O) groups excluding carboxylic acids is 2. The van der Waals surface area contributed by atoms with E-state index < -0.39 is 0 Å². The Morgan fingerprint density at radius 3 is 2.17 bits per heavy atom. The molecule has 0 rings (SSSR count). The van der Waals surface area contributed by atoms with E-state index in [2.05, 4.69) is 19.2 Å². The summed E-state index contributed by atoms with van der Waals surface area (Å²) in [7, 11) is 0. The molecule has 0 aromatic rings. The van der Waals surface area contributed by atoms with Gasteiger partial charge in [-0.15, -0.1) is 0 Å². The lowest BCUT2D eigenvalue weighted by Crippen LogP contribution is -2.34. The van der Waals surface area contributed by atoms with Gasteiger partial charge in [0.1, 0.15) is 6.54 Å². The fraction of sp³-hybridized carbons (Fsp3) is 0.857. The van der Waals surface area contributed by atoms with Crippen LogP contribution in [0.2, 0.25) is 0 Å². The zero-order valence-electron chi connectivity index (χ0n) is 12.5. The predicted octanol–water partition coefficient (Wildman–Crippen LogP) is 2.52. The second-order valence-corrected chi connectivity index (χ2v) is 6.44. The lowest BCUT2D eigenvalue weighted by molar-refractivity contribution is -0.149. The van der Waals surface area contributed by atoms with Gasteiger partial charge in [-0.1, -0.05) is 34.6 Å². The fourth-order valence-electron chi connectivity index (χ4n) is 1.69. The van der Waals surface area contributed by atoms with Crippen molar-refractivity contribution in [3.8, 4) is 0 Å². The van der Waals surface area contributed by atoms with Crippen LogP contribution in [0.3, 0.4) is 0 Å². The van der Waals surface area contributed by atoms with Crippen molar-refractivity contribution in [3.63, 3.8) is 0 Å². The molecule has 1 atom stereocenters. The molecular formula is C14H27NO3. The maximum atomic E-state index is 11.5. The van der Waals surface area contributed by atoms with E-state index in [1.54, 1.807) is 0 Å². The summed E-state index contributed by atoms with van der Waals surface area (Å²) in [5.74, 6) is 0.00431. The van der Waals surface area contributed by atoms with Crippen LogP contribution in [0.4, 0.5) is 0 Å². The first-order valence-corrected chi connectivity index (χ1v) is 6.56. The molecule has 4 heteroatoms. The van der Waals surface area contributed by atoms with Gasteiger partial charge in [0.2, 0.25) is 5.91 Å². The third-order valence-corrected chi connectivity index (χ3v) is 2.26. The molecule has 0 heterocycles. The van der Waals surface area contributed by atoms with Crippen LogP contribution >= 0.6 is 0 Å². The summed E-state index contributed by atoms with van der Waals surface area (Å²) in [6.07, 6.45) is 1.14. The number of esters is 1. The Kier molecular flexibility index (Phi) is 6.96. The molecule has 1 N–H and O–H groups in total. The fourth-order valence-corrected chi connectivity index (χ4v) is 1.69. The summed E-state index contributed by atoms with van der Waals surface area (Å²) < 4.78 is 5.19. The van der Waals surface area contributed by atoms with Crippen LogP contribution in [-0.2, 0) is 14.3 Å². The minimum absolute atomic E-state index is 0.0443. The van der Waals surface area contributed by atoms with Gasteiger partial charge in [0.05, 0.1) is 6.10 Å². The average Bonchev–Trinajstić information content (AvgIpc) is 2.10. The molecule has 0 saturated carbocycles. The number of carbonyl (C=O) groups is 2. The predicted molar refractivity (Wildman–Crippen MR) is 72.1 cm³/mol. The minimum Gasteiger partial charge on any atom is -0.461 e. The quantitative estimate of drug-likeness (QED) is 0.744. The third kappa shape index (κ3) is 10.1. The molecule has 0 fully saturated rings. The summed E-state index contributed by atoms with van der Waals surface area (Å²) in [4.78, 5) is 23.0. The highest BCUT2D eigenvalue weighted by Gasteiger charge is 2.17. The lowest BCUT2D eigenvalue weighted by Gasteiger charge is -2.18. The molecule has 0 aliphatic heterocycles. The van der Waals surface area contributed by atoms with Gasteiger partial charge in [0.25, 0.3) is 0 Å². The molecule has 106 valence electrons. The second kappa shape index (κ2) is 7.39. The molecule has 0 bridgehead atoms. The topological polar surface area (TPSA) is 55.4 Å². The Hall–Kier alpha value is -1.06. The molecule has 1 amide bonds. The van der Waals surface area contributed by atoms with Crippen molar-refractivity contribution in [2.24, 2.45) is 11.3 Å². The molecule has 4 nitrogen and oxygen atoms in total. The van der Waals surface area contributed by atoms with Crippen LogP contribution in [0.15, 0.2) is 0 Å². The zero-order valence-corrected chi connectivity index (χ0v) is 12.5. The van der Waals surface area contributed by atoms with Crippen LogP contribution < -0.4 is 5.32 Å². The Morgan fingerprint density at radius 1 is 1.17 bits per heavy atom. The number of ether oxygens (including phenoxy) is 1. The van der Waals surface area contributed by atoms with E-state index in [9.17, 15) is 9.59 Å². The lowest BCUT2D eigenvalue weighted by atomic mass is 9.92. The van der Waals surface area contributed by atoms with Crippen molar-refractivity contribution in [2.75, 3.05) is 6.54 Å². The standard InChI is InChI=1S/C14H27NO3/c1-10(2)7-11(3)18-13(17)9-15-12(16)8-14(4,5)6/h10-11H,7-9H2,1-6H3,(H,15,16)/t11-/m1/s1. The van der Waals surface area contributed by atoms with E-state index in [0.717, 1.165) is 6.42 Å². The molecule has 0 saturated heterocycles. The maximum Gasteiger partial charge on any atom is 0.325 e. The SMILES string of the molecule is CC(C)C[C@@H](C)OC(=O)CNC(=O)CC(C)(C)C. The van der Waals surface area contributed by atoms with E-state index in [4.69, 9.17) is 4.74 Å². The first-order chi connectivity index (χ1) is 8.10. The first kappa shape index (κ1) is 16.9. The normalized spacial score (nSPS) is 13.3. The van der Waals surface area contributed by atoms with Crippen LogP contribution in [-0.4, -0.2) is 24.5 Å². The number of hydrogen-bond donors (Lipinski definition) is 1. The number of amides is 1. The molecule has 0 spiro atoms. The Balaban J connectivity index is 3.87. The highest BCUT2D eigenvalue weighted by Crippen LogP contribution is 2.17. The average molecular weight is 257 g/mol. The van der Waals surface area contributed by atoms with Gasteiger partial charge >= 0.3 is 5.97 Å². The number of nitrogens with one attached hydrogen (secondary N) is 1. The monoisotopic (exact) mass is 257 g/mol. The van der Waals surface area contributed by atoms with Crippen molar-refractivity contribution in [2.45, 2.75) is 60.5 Å². The van der Waals surface area contributed by atoms with Crippen molar-refractivity contribution in [3.05, 3.63) is 0 Å². The zero-order chi connectivity index (χ0) is 14.3.